The molecule has 5 nitrogen and oxygen atoms in total. The molecule has 1 aliphatic rings. The number of sulfonamides is 1. The van der Waals surface area contributed by atoms with Crippen LogP contribution in [-0.2, 0) is 14.9 Å². The molecule has 0 spiro atoms. The molecule has 3 unspecified atom stereocenters. The number of hydroxylamine groups is 2. The summed E-state index contributed by atoms with van der Waals surface area (Å²) in [6.45, 7) is 3.49. The van der Waals surface area contributed by atoms with E-state index in [9.17, 15) is 17.2 Å². The van der Waals surface area contributed by atoms with E-state index in [1.165, 1.54) is 12.1 Å². The van der Waals surface area contributed by atoms with Gasteiger partial charge in [0.05, 0.1) is 12.6 Å². The van der Waals surface area contributed by atoms with Gasteiger partial charge in [0.25, 0.3) is 0 Å². The second kappa shape index (κ2) is 6.57. The lowest BCUT2D eigenvalue weighted by Crippen LogP contribution is -2.43. The molecule has 1 fully saturated rings. The average molecular weight is 334 g/mol. The molecule has 1 aliphatic heterocycles. The van der Waals surface area contributed by atoms with Gasteiger partial charge in [-0.25, -0.2) is 21.9 Å². The zero-order chi connectivity index (χ0) is 16.5. The Morgan fingerprint density at radius 2 is 2.14 bits per heavy atom. The van der Waals surface area contributed by atoms with Crippen LogP contribution in [0.25, 0.3) is 0 Å². The van der Waals surface area contributed by atoms with Crippen molar-refractivity contribution in [2.24, 2.45) is 0 Å². The first-order valence-electron chi connectivity index (χ1n) is 7.08. The van der Waals surface area contributed by atoms with Gasteiger partial charge >= 0.3 is 0 Å². The van der Waals surface area contributed by atoms with Crippen LogP contribution in [0.1, 0.15) is 31.9 Å². The summed E-state index contributed by atoms with van der Waals surface area (Å²) in [5.41, 5.74) is -0.0282. The number of nitrogens with one attached hydrogen (secondary N) is 1. The van der Waals surface area contributed by atoms with Gasteiger partial charge in [-0.2, -0.15) is 5.06 Å². The van der Waals surface area contributed by atoms with E-state index in [1.807, 2.05) is 6.92 Å². The Kier molecular flexibility index (Phi) is 5.16. The third-order valence-corrected chi connectivity index (χ3v) is 5.76. The van der Waals surface area contributed by atoms with Crippen molar-refractivity contribution in [1.29, 1.82) is 0 Å². The fourth-order valence-electron chi connectivity index (χ4n) is 2.44. The van der Waals surface area contributed by atoms with Gasteiger partial charge in [-0.3, -0.25) is 4.84 Å². The van der Waals surface area contributed by atoms with Crippen molar-refractivity contribution < 1.29 is 22.0 Å². The summed E-state index contributed by atoms with van der Waals surface area (Å²) in [6.07, 6.45) is 0.627. The summed E-state index contributed by atoms with van der Waals surface area (Å²) >= 11 is 0. The van der Waals surface area contributed by atoms with Crippen LogP contribution in [0.2, 0.25) is 0 Å². The van der Waals surface area contributed by atoms with Gasteiger partial charge in [-0.1, -0.05) is 6.92 Å². The lowest BCUT2D eigenvalue weighted by molar-refractivity contribution is -0.111. The molecular formula is C14H20F2N2O3S. The molecule has 0 saturated carbocycles. The highest BCUT2D eigenvalue weighted by atomic mass is 32.2. The minimum Gasteiger partial charge on any atom is -0.297 e. The zero-order valence-electron chi connectivity index (χ0n) is 12.7. The first-order valence-corrected chi connectivity index (χ1v) is 8.62. The first-order chi connectivity index (χ1) is 10.3. The fourth-order valence-corrected chi connectivity index (χ4v) is 4.24. The molecule has 1 aromatic carbocycles. The Morgan fingerprint density at radius 1 is 1.45 bits per heavy atom. The lowest BCUT2D eigenvalue weighted by Gasteiger charge is -2.24. The molecule has 0 radical (unpaired) electrons. The molecule has 2 rings (SSSR count). The van der Waals surface area contributed by atoms with Crippen LogP contribution in [0, 0.1) is 11.6 Å². The monoisotopic (exact) mass is 334 g/mol. The molecule has 1 aromatic rings. The second-order valence-electron chi connectivity index (χ2n) is 5.46. The van der Waals surface area contributed by atoms with Gasteiger partial charge in [0.15, 0.2) is 0 Å². The van der Waals surface area contributed by atoms with Crippen molar-refractivity contribution in [1.82, 2.24) is 9.79 Å². The summed E-state index contributed by atoms with van der Waals surface area (Å²) < 4.78 is 55.0. The molecule has 22 heavy (non-hydrogen) atoms. The minimum absolute atomic E-state index is 0.0282. The Hall–Kier alpha value is -1.09. The van der Waals surface area contributed by atoms with E-state index in [0.717, 1.165) is 18.2 Å². The van der Waals surface area contributed by atoms with Gasteiger partial charge in [0, 0.05) is 18.7 Å². The Morgan fingerprint density at radius 3 is 2.77 bits per heavy atom. The molecule has 124 valence electrons. The molecule has 0 aromatic heterocycles. The van der Waals surface area contributed by atoms with Gasteiger partial charge in [0.2, 0.25) is 10.0 Å². The first kappa shape index (κ1) is 17.3. The van der Waals surface area contributed by atoms with Crippen molar-refractivity contribution in [3.8, 4) is 0 Å². The number of rotatable bonds is 5. The maximum absolute atomic E-state index is 14.0. The molecule has 0 amide bonds. The molecule has 3 atom stereocenters. The molecule has 8 heteroatoms. The predicted octanol–water partition coefficient (Wildman–Crippen LogP) is 1.97. The number of halogens is 2. The van der Waals surface area contributed by atoms with E-state index in [4.69, 9.17) is 4.84 Å². The maximum atomic E-state index is 14.0. The smallest absolute Gasteiger partial charge is 0.219 e. The zero-order valence-corrected chi connectivity index (χ0v) is 13.5. The van der Waals surface area contributed by atoms with E-state index in [0.29, 0.717) is 6.42 Å². The van der Waals surface area contributed by atoms with Gasteiger partial charge in [0.1, 0.15) is 16.9 Å². The largest absolute Gasteiger partial charge is 0.297 e. The van der Waals surface area contributed by atoms with Gasteiger partial charge < -0.3 is 0 Å². The van der Waals surface area contributed by atoms with Crippen LogP contribution in [-0.4, -0.2) is 38.4 Å². The average Bonchev–Trinajstić information content (AvgIpc) is 2.83. The maximum Gasteiger partial charge on any atom is 0.219 e. The highest BCUT2D eigenvalue weighted by molar-refractivity contribution is 7.90. The summed E-state index contributed by atoms with van der Waals surface area (Å²) in [4.78, 5) is 5.25. The van der Waals surface area contributed by atoms with Crippen LogP contribution in [0.4, 0.5) is 8.78 Å². The van der Waals surface area contributed by atoms with E-state index in [-0.39, 0.29) is 18.2 Å². The van der Waals surface area contributed by atoms with E-state index in [2.05, 4.69) is 4.72 Å². The van der Waals surface area contributed by atoms with Crippen LogP contribution >= 0.6 is 0 Å². The summed E-state index contributed by atoms with van der Waals surface area (Å²) in [5.74, 6) is -1.28. The second-order valence-corrected chi connectivity index (χ2v) is 7.39. The number of hydrogen-bond donors (Lipinski definition) is 1. The Labute approximate surface area is 129 Å². The van der Waals surface area contributed by atoms with Crippen molar-refractivity contribution in [2.75, 3.05) is 13.7 Å². The number of hydrogen-bond acceptors (Lipinski definition) is 4. The quantitative estimate of drug-likeness (QED) is 0.894. The van der Waals surface area contributed by atoms with Crippen molar-refractivity contribution in [2.45, 2.75) is 37.6 Å². The highest BCUT2D eigenvalue weighted by Gasteiger charge is 2.44. The Balaban J connectivity index is 2.38. The number of benzene rings is 1. The topological polar surface area (TPSA) is 58.6 Å². The molecule has 1 heterocycles. The molecule has 0 aliphatic carbocycles. The summed E-state index contributed by atoms with van der Waals surface area (Å²) in [6, 6.07) is 1.85. The van der Waals surface area contributed by atoms with Crippen molar-refractivity contribution in [3.63, 3.8) is 0 Å². The van der Waals surface area contributed by atoms with Crippen LogP contribution in [0.3, 0.4) is 0 Å². The van der Waals surface area contributed by atoms with Crippen molar-refractivity contribution in [3.05, 3.63) is 35.4 Å². The van der Waals surface area contributed by atoms with Gasteiger partial charge in [-0.05, 0) is 31.5 Å². The Bertz CT molecular complexity index is 639. The SMILES string of the molecule is CCC(C)NS(=O)(=O)C1CON(C)C1c1cc(F)ccc1F. The van der Waals surface area contributed by atoms with Crippen molar-refractivity contribution >= 4 is 10.0 Å². The summed E-state index contributed by atoms with van der Waals surface area (Å²) in [7, 11) is -2.23. The molecule has 1 saturated heterocycles. The van der Waals surface area contributed by atoms with E-state index < -0.39 is 32.9 Å². The minimum atomic E-state index is -3.74. The van der Waals surface area contributed by atoms with Crippen LogP contribution < -0.4 is 4.72 Å². The normalized spacial score (nSPS) is 24.6. The molecule has 1 N–H and O–H groups in total. The summed E-state index contributed by atoms with van der Waals surface area (Å²) in [5, 5.41) is 0.251. The van der Waals surface area contributed by atoms with Gasteiger partial charge in [-0.15, -0.1) is 0 Å². The highest BCUT2D eigenvalue weighted by Crippen LogP contribution is 2.35. The lowest BCUT2D eigenvalue weighted by atomic mass is 10.0. The standard InChI is InChI=1S/C14H20F2N2O3S/c1-4-9(2)17-22(19,20)13-8-21-18(3)14(13)11-7-10(15)5-6-12(11)16/h5-7,9,13-14,17H,4,8H2,1-3H3. The molecule has 0 bridgehead atoms. The van der Waals surface area contributed by atoms with E-state index in [1.54, 1.807) is 6.92 Å². The third kappa shape index (κ3) is 3.45. The van der Waals surface area contributed by atoms with Crippen LogP contribution in [0.15, 0.2) is 18.2 Å². The third-order valence-electron chi connectivity index (χ3n) is 3.84. The fraction of sp³-hybridized carbons (Fsp3) is 0.571. The van der Waals surface area contributed by atoms with E-state index >= 15 is 0 Å². The predicted molar refractivity (Wildman–Crippen MR) is 78.4 cm³/mol. The number of nitrogens with zero attached hydrogens (tertiary/aromatic N) is 1. The molecular weight excluding hydrogens is 314 g/mol. The van der Waals surface area contributed by atoms with Crippen LogP contribution in [0.5, 0.6) is 0 Å².